The van der Waals surface area contributed by atoms with E-state index >= 15 is 0 Å². The van der Waals surface area contributed by atoms with Crippen LogP contribution in [-0.2, 0) is 11.2 Å². The number of nitrogens with zero attached hydrogens (tertiary/aromatic N) is 2. The summed E-state index contributed by atoms with van der Waals surface area (Å²) in [7, 11) is 1.31. The largest absolute Gasteiger partial charge is 0.465 e. The summed E-state index contributed by atoms with van der Waals surface area (Å²) in [5.74, 6) is 0.714. The highest BCUT2D eigenvalue weighted by Gasteiger charge is 2.16. The highest BCUT2D eigenvalue weighted by Crippen LogP contribution is 2.28. The van der Waals surface area contributed by atoms with Crippen LogP contribution in [0.2, 0.25) is 0 Å². The van der Waals surface area contributed by atoms with Crippen LogP contribution < -0.4 is 5.73 Å². The summed E-state index contributed by atoms with van der Waals surface area (Å²) in [4.78, 5) is 19.0. The highest BCUT2D eigenvalue weighted by atomic mass is 16.5. The average molecular weight is 298 g/mol. The van der Waals surface area contributed by atoms with Crippen LogP contribution in [0.15, 0.2) is 18.2 Å². The first-order valence-electron chi connectivity index (χ1n) is 6.93. The second kappa shape index (κ2) is 6.31. The third-order valence-electron chi connectivity index (χ3n) is 3.20. The van der Waals surface area contributed by atoms with Gasteiger partial charge in [-0.25, -0.2) is 9.78 Å². The average Bonchev–Trinajstić information content (AvgIpc) is 2.88. The summed E-state index contributed by atoms with van der Waals surface area (Å²) in [5, 5.41) is 9.25. The van der Waals surface area contributed by atoms with Crippen LogP contribution in [0, 0.1) is 17.2 Å². The second-order valence-corrected chi connectivity index (χ2v) is 5.41. The zero-order valence-corrected chi connectivity index (χ0v) is 12.8. The standard InChI is InChI=1S/C16H18N4O2/c1-9(2)6-14-19-13(8-17)15(20-14)11-5-4-10(7-12(11)18)16(21)22-3/h4-5,7,9H,6,18H2,1-3H3,(H,19,20). The minimum absolute atomic E-state index is 0.299. The molecule has 6 heteroatoms. The number of carbonyl (C=O) groups excluding carboxylic acids is 1. The van der Waals surface area contributed by atoms with Crippen molar-refractivity contribution >= 4 is 11.7 Å². The maximum Gasteiger partial charge on any atom is 0.337 e. The molecule has 1 aromatic carbocycles. The van der Waals surface area contributed by atoms with Crippen molar-refractivity contribution in [3.8, 4) is 17.3 Å². The lowest BCUT2D eigenvalue weighted by atomic mass is 10.1. The fourth-order valence-electron chi connectivity index (χ4n) is 2.22. The van der Waals surface area contributed by atoms with E-state index in [1.165, 1.54) is 13.2 Å². The number of nitrogen functional groups attached to an aromatic ring is 1. The number of esters is 1. The van der Waals surface area contributed by atoms with Crippen LogP contribution in [0.1, 0.15) is 35.7 Å². The fraction of sp³-hybridized carbons (Fsp3) is 0.312. The van der Waals surface area contributed by atoms with Gasteiger partial charge < -0.3 is 15.5 Å². The summed E-state index contributed by atoms with van der Waals surface area (Å²) >= 11 is 0. The van der Waals surface area contributed by atoms with Crippen molar-refractivity contribution in [2.75, 3.05) is 12.8 Å². The molecule has 1 aromatic heterocycles. The van der Waals surface area contributed by atoms with Crippen molar-refractivity contribution in [3.63, 3.8) is 0 Å². The number of ether oxygens (including phenoxy) is 1. The van der Waals surface area contributed by atoms with Gasteiger partial charge in [-0.15, -0.1) is 0 Å². The molecule has 0 aliphatic heterocycles. The Morgan fingerprint density at radius 1 is 1.50 bits per heavy atom. The normalized spacial score (nSPS) is 10.5. The molecule has 6 nitrogen and oxygen atoms in total. The van der Waals surface area contributed by atoms with Crippen molar-refractivity contribution in [2.24, 2.45) is 5.92 Å². The number of nitriles is 1. The van der Waals surface area contributed by atoms with Gasteiger partial charge in [0.25, 0.3) is 0 Å². The van der Waals surface area contributed by atoms with Crippen molar-refractivity contribution in [1.29, 1.82) is 5.26 Å². The molecule has 0 aliphatic carbocycles. The van der Waals surface area contributed by atoms with Gasteiger partial charge in [0.1, 0.15) is 11.9 Å². The molecular weight excluding hydrogens is 280 g/mol. The van der Waals surface area contributed by atoms with Crippen molar-refractivity contribution < 1.29 is 9.53 Å². The zero-order valence-electron chi connectivity index (χ0n) is 12.8. The quantitative estimate of drug-likeness (QED) is 0.666. The number of nitrogens with one attached hydrogen (secondary N) is 1. The summed E-state index contributed by atoms with van der Waals surface area (Å²) in [6.45, 7) is 4.15. The van der Waals surface area contributed by atoms with Crippen LogP contribution in [0.4, 0.5) is 5.69 Å². The Labute approximate surface area is 128 Å². The first-order chi connectivity index (χ1) is 10.5. The molecule has 0 spiro atoms. The Bertz CT molecular complexity index is 741. The lowest BCUT2D eigenvalue weighted by molar-refractivity contribution is 0.0601. The molecule has 2 rings (SSSR count). The van der Waals surface area contributed by atoms with E-state index in [2.05, 4.69) is 34.6 Å². The number of H-pyrrole nitrogens is 1. The SMILES string of the molecule is COC(=O)c1ccc(-c2[nH]c(CC(C)C)nc2C#N)c(N)c1. The molecular formula is C16H18N4O2. The number of nitrogens with two attached hydrogens (primary N) is 1. The number of aromatic amines is 1. The van der Waals surface area contributed by atoms with Gasteiger partial charge in [0, 0.05) is 17.7 Å². The molecule has 0 aliphatic rings. The highest BCUT2D eigenvalue weighted by molar-refractivity contribution is 5.92. The lowest BCUT2D eigenvalue weighted by Crippen LogP contribution is -2.03. The topological polar surface area (TPSA) is 105 Å². The van der Waals surface area contributed by atoms with Gasteiger partial charge in [-0.1, -0.05) is 13.8 Å². The maximum atomic E-state index is 11.5. The van der Waals surface area contributed by atoms with E-state index in [1.54, 1.807) is 12.1 Å². The Morgan fingerprint density at radius 2 is 2.23 bits per heavy atom. The maximum absolute atomic E-state index is 11.5. The smallest absolute Gasteiger partial charge is 0.337 e. The summed E-state index contributed by atoms with van der Waals surface area (Å²) < 4.78 is 4.66. The van der Waals surface area contributed by atoms with Crippen LogP contribution in [-0.4, -0.2) is 23.0 Å². The number of methoxy groups -OCH3 is 1. The molecule has 0 bridgehead atoms. The van der Waals surface area contributed by atoms with Crippen molar-refractivity contribution in [3.05, 3.63) is 35.3 Å². The predicted molar refractivity (Wildman–Crippen MR) is 83.0 cm³/mol. The minimum Gasteiger partial charge on any atom is -0.465 e. The van der Waals surface area contributed by atoms with Crippen molar-refractivity contribution in [1.82, 2.24) is 9.97 Å². The third-order valence-corrected chi connectivity index (χ3v) is 3.20. The van der Waals surface area contributed by atoms with E-state index in [1.807, 2.05) is 0 Å². The fourth-order valence-corrected chi connectivity index (χ4v) is 2.22. The molecule has 114 valence electrons. The minimum atomic E-state index is -0.455. The van der Waals surface area contributed by atoms with E-state index in [9.17, 15) is 10.1 Å². The van der Waals surface area contributed by atoms with Gasteiger partial charge in [-0.3, -0.25) is 0 Å². The summed E-state index contributed by atoms with van der Waals surface area (Å²) in [6.07, 6.45) is 0.745. The number of rotatable bonds is 4. The van der Waals surface area contributed by atoms with Crippen LogP contribution >= 0.6 is 0 Å². The Morgan fingerprint density at radius 3 is 2.77 bits per heavy atom. The van der Waals surface area contributed by atoms with Gasteiger partial charge >= 0.3 is 5.97 Å². The summed E-state index contributed by atoms with van der Waals surface area (Å²) in [5.41, 5.74) is 8.29. The number of anilines is 1. The number of hydrogen-bond donors (Lipinski definition) is 2. The Kier molecular flexibility index (Phi) is 4.47. The molecule has 0 fully saturated rings. The van der Waals surface area contributed by atoms with Crippen LogP contribution in [0.5, 0.6) is 0 Å². The Hall–Kier alpha value is -2.81. The molecule has 3 N–H and O–H groups in total. The third kappa shape index (κ3) is 3.09. The molecule has 0 amide bonds. The van der Waals surface area contributed by atoms with E-state index in [-0.39, 0.29) is 0 Å². The predicted octanol–water partition coefficient (Wildman–Crippen LogP) is 2.52. The van der Waals surface area contributed by atoms with Crippen molar-refractivity contribution in [2.45, 2.75) is 20.3 Å². The number of carbonyl (C=O) groups is 1. The van der Waals surface area contributed by atoms with Gasteiger partial charge in [0.05, 0.1) is 18.4 Å². The number of benzene rings is 1. The van der Waals surface area contributed by atoms with E-state index in [0.717, 1.165) is 12.2 Å². The zero-order chi connectivity index (χ0) is 16.3. The monoisotopic (exact) mass is 298 g/mol. The number of hydrogen-bond acceptors (Lipinski definition) is 5. The van der Waals surface area contributed by atoms with Crippen LogP contribution in [0.25, 0.3) is 11.3 Å². The second-order valence-electron chi connectivity index (χ2n) is 5.41. The number of aromatic nitrogens is 2. The molecule has 1 heterocycles. The first kappa shape index (κ1) is 15.6. The van der Waals surface area contributed by atoms with E-state index < -0.39 is 5.97 Å². The number of imidazole rings is 1. The van der Waals surface area contributed by atoms with Crippen LogP contribution in [0.3, 0.4) is 0 Å². The molecule has 0 unspecified atom stereocenters. The molecule has 0 radical (unpaired) electrons. The molecule has 0 saturated carbocycles. The molecule has 22 heavy (non-hydrogen) atoms. The van der Waals surface area contributed by atoms with Gasteiger partial charge in [0.15, 0.2) is 5.69 Å². The lowest BCUT2D eigenvalue weighted by Gasteiger charge is -2.06. The van der Waals surface area contributed by atoms with Gasteiger partial charge in [-0.05, 0) is 24.1 Å². The van der Waals surface area contributed by atoms with Gasteiger partial charge in [-0.2, -0.15) is 5.26 Å². The van der Waals surface area contributed by atoms with Gasteiger partial charge in [0.2, 0.25) is 0 Å². The van der Waals surface area contributed by atoms with E-state index in [4.69, 9.17) is 5.73 Å². The first-order valence-corrected chi connectivity index (χ1v) is 6.93. The summed E-state index contributed by atoms with van der Waals surface area (Å²) in [6, 6.07) is 6.91. The molecule has 0 saturated heterocycles. The molecule has 2 aromatic rings. The van der Waals surface area contributed by atoms with E-state index in [0.29, 0.717) is 34.1 Å². The molecule has 0 atom stereocenters. The Balaban J connectivity index is 2.45.